The fourth-order valence-electron chi connectivity index (χ4n) is 1.41. The summed E-state index contributed by atoms with van der Waals surface area (Å²) in [4.78, 5) is 10.4. The molecule has 1 heterocycles. The molecule has 0 bridgehead atoms. The van der Waals surface area contributed by atoms with Crippen molar-refractivity contribution in [2.75, 3.05) is 0 Å². The highest BCUT2D eigenvalue weighted by Gasteiger charge is 2.10. The van der Waals surface area contributed by atoms with Crippen LogP contribution in [0.5, 0.6) is 0 Å². The van der Waals surface area contributed by atoms with Crippen LogP contribution in [0.15, 0.2) is 16.5 Å². The van der Waals surface area contributed by atoms with E-state index in [1.807, 2.05) is 19.1 Å². The largest absolute Gasteiger partial charge is 0.480 e. The predicted molar refractivity (Wildman–Crippen MR) is 56.6 cm³/mol. The first-order valence-electron chi connectivity index (χ1n) is 5.13. The second kappa shape index (κ2) is 5.56. The molecule has 4 heteroatoms. The van der Waals surface area contributed by atoms with Crippen LogP contribution < -0.4 is 5.73 Å². The third-order valence-corrected chi connectivity index (χ3v) is 2.30. The number of rotatable bonds is 6. The van der Waals surface area contributed by atoms with Gasteiger partial charge in [0.05, 0.1) is 0 Å². The van der Waals surface area contributed by atoms with Crippen molar-refractivity contribution in [1.29, 1.82) is 0 Å². The molecule has 1 aromatic heterocycles. The number of carboxylic acids is 1. The first kappa shape index (κ1) is 11.8. The van der Waals surface area contributed by atoms with Gasteiger partial charge in [0.15, 0.2) is 0 Å². The molecule has 0 aliphatic carbocycles. The Bertz CT molecular complexity index is 319. The lowest BCUT2D eigenvalue weighted by molar-refractivity contribution is -0.138. The van der Waals surface area contributed by atoms with Crippen molar-refractivity contribution < 1.29 is 14.3 Å². The fraction of sp³-hybridized carbons (Fsp3) is 0.545. The first-order valence-corrected chi connectivity index (χ1v) is 5.13. The highest BCUT2D eigenvalue weighted by Crippen LogP contribution is 2.11. The van der Waals surface area contributed by atoms with Crippen LogP contribution in [0.2, 0.25) is 0 Å². The van der Waals surface area contributed by atoms with Crippen LogP contribution in [-0.2, 0) is 11.2 Å². The Morgan fingerprint density at radius 3 is 2.80 bits per heavy atom. The number of carbonyl (C=O) groups is 1. The fourth-order valence-corrected chi connectivity index (χ4v) is 1.41. The van der Waals surface area contributed by atoms with E-state index in [4.69, 9.17) is 15.3 Å². The second-order valence-electron chi connectivity index (χ2n) is 3.70. The molecule has 4 nitrogen and oxygen atoms in total. The van der Waals surface area contributed by atoms with Crippen molar-refractivity contribution in [2.45, 2.75) is 38.6 Å². The second-order valence-corrected chi connectivity index (χ2v) is 3.70. The third kappa shape index (κ3) is 4.16. The Hall–Kier alpha value is -1.29. The first-order chi connectivity index (χ1) is 7.09. The quantitative estimate of drug-likeness (QED) is 0.702. The summed E-state index contributed by atoms with van der Waals surface area (Å²) in [6, 6.07) is 3.15. The molecule has 1 atom stereocenters. The van der Waals surface area contributed by atoms with Crippen molar-refractivity contribution in [3.05, 3.63) is 23.7 Å². The molecule has 0 amide bonds. The number of aliphatic carboxylic acids is 1. The molecular formula is C11H17NO3. The maximum atomic E-state index is 10.4. The highest BCUT2D eigenvalue weighted by molar-refractivity contribution is 5.72. The average Bonchev–Trinajstić information content (AvgIpc) is 2.58. The van der Waals surface area contributed by atoms with Crippen molar-refractivity contribution in [3.8, 4) is 0 Å². The number of furan rings is 1. The van der Waals surface area contributed by atoms with Crippen LogP contribution in [0.4, 0.5) is 0 Å². The Morgan fingerprint density at radius 2 is 2.27 bits per heavy atom. The predicted octanol–water partition coefficient (Wildman–Crippen LogP) is 1.71. The minimum Gasteiger partial charge on any atom is -0.480 e. The Labute approximate surface area is 89.1 Å². The van der Waals surface area contributed by atoms with Crippen LogP contribution in [0.3, 0.4) is 0 Å². The van der Waals surface area contributed by atoms with Gasteiger partial charge >= 0.3 is 5.97 Å². The van der Waals surface area contributed by atoms with Crippen molar-refractivity contribution in [3.63, 3.8) is 0 Å². The smallest absolute Gasteiger partial charge is 0.320 e. The van der Waals surface area contributed by atoms with Crippen molar-refractivity contribution >= 4 is 5.97 Å². The van der Waals surface area contributed by atoms with Gasteiger partial charge in [0.25, 0.3) is 0 Å². The van der Waals surface area contributed by atoms with Gasteiger partial charge in [-0.1, -0.05) is 6.42 Å². The number of nitrogens with two attached hydrogens (primary N) is 1. The molecule has 0 radical (unpaired) electrons. The van der Waals surface area contributed by atoms with E-state index in [1.165, 1.54) is 0 Å². The van der Waals surface area contributed by atoms with Crippen molar-refractivity contribution in [1.82, 2.24) is 0 Å². The topological polar surface area (TPSA) is 76.5 Å². The summed E-state index contributed by atoms with van der Waals surface area (Å²) < 4.78 is 5.39. The van der Waals surface area contributed by atoms with Gasteiger partial charge in [-0.25, -0.2) is 0 Å². The van der Waals surface area contributed by atoms with E-state index in [-0.39, 0.29) is 0 Å². The maximum absolute atomic E-state index is 10.4. The van der Waals surface area contributed by atoms with E-state index < -0.39 is 12.0 Å². The highest BCUT2D eigenvalue weighted by atomic mass is 16.4. The summed E-state index contributed by atoms with van der Waals surface area (Å²) in [6.45, 7) is 1.91. The van der Waals surface area contributed by atoms with E-state index in [1.54, 1.807) is 0 Å². The minimum atomic E-state index is -0.927. The molecule has 1 aromatic rings. The van der Waals surface area contributed by atoms with Crippen molar-refractivity contribution in [2.24, 2.45) is 5.73 Å². The molecule has 0 fully saturated rings. The monoisotopic (exact) mass is 211 g/mol. The summed E-state index contributed by atoms with van der Waals surface area (Å²) in [5.74, 6) is 0.937. The van der Waals surface area contributed by atoms with Gasteiger partial charge in [-0.3, -0.25) is 4.79 Å². The molecule has 1 rings (SSSR count). The van der Waals surface area contributed by atoms with Gasteiger partial charge in [-0.15, -0.1) is 0 Å². The summed E-state index contributed by atoms with van der Waals surface area (Å²) in [5, 5.41) is 8.56. The van der Waals surface area contributed by atoms with E-state index in [0.717, 1.165) is 30.8 Å². The number of hydrogen-bond acceptors (Lipinski definition) is 3. The lowest BCUT2D eigenvalue weighted by atomic mass is 10.1. The summed E-state index contributed by atoms with van der Waals surface area (Å²) in [6.07, 6.45) is 3.09. The van der Waals surface area contributed by atoms with Crippen LogP contribution in [0, 0.1) is 6.92 Å². The Kier molecular flexibility index (Phi) is 4.37. The number of hydrogen-bond donors (Lipinski definition) is 2. The molecule has 1 unspecified atom stereocenters. The Morgan fingerprint density at radius 1 is 1.53 bits per heavy atom. The molecule has 0 aliphatic rings. The molecule has 84 valence electrons. The molecule has 0 aromatic carbocycles. The molecular weight excluding hydrogens is 194 g/mol. The zero-order chi connectivity index (χ0) is 11.3. The van der Waals surface area contributed by atoms with Gasteiger partial charge in [0, 0.05) is 6.42 Å². The standard InChI is InChI=1S/C11H17NO3/c1-8-6-7-9(15-8)4-2-3-5-10(12)11(13)14/h6-7,10H,2-5,12H2,1H3,(H,13,14). The van der Waals surface area contributed by atoms with Gasteiger partial charge in [-0.2, -0.15) is 0 Å². The average molecular weight is 211 g/mol. The molecule has 0 spiro atoms. The van der Waals surface area contributed by atoms with Gasteiger partial charge < -0.3 is 15.3 Å². The lowest BCUT2D eigenvalue weighted by Gasteiger charge is -2.04. The maximum Gasteiger partial charge on any atom is 0.320 e. The van der Waals surface area contributed by atoms with Gasteiger partial charge in [-0.05, 0) is 31.9 Å². The third-order valence-electron chi connectivity index (χ3n) is 2.30. The van der Waals surface area contributed by atoms with E-state index >= 15 is 0 Å². The van der Waals surface area contributed by atoms with Crippen LogP contribution >= 0.6 is 0 Å². The zero-order valence-corrected chi connectivity index (χ0v) is 8.90. The summed E-state index contributed by atoms with van der Waals surface area (Å²) >= 11 is 0. The minimum absolute atomic E-state index is 0.523. The zero-order valence-electron chi connectivity index (χ0n) is 8.90. The van der Waals surface area contributed by atoms with Crippen LogP contribution in [0.1, 0.15) is 30.8 Å². The number of aryl methyl sites for hydroxylation is 2. The number of unbranched alkanes of at least 4 members (excludes halogenated alkanes) is 1. The molecule has 15 heavy (non-hydrogen) atoms. The van der Waals surface area contributed by atoms with Crippen LogP contribution in [-0.4, -0.2) is 17.1 Å². The lowest BCUT2D eigenvalue weighted by Crippen LogP contribution is -2.29. The van der Waals surface area contributed by atoms with Crippen LogP contribution in [0.25, 0.3) is 0 Å². The van der Waals surface area contributed by atoms with Gasteiger partial charge in [0.2, 0.25) is 0 Å². The summed E-state index contributed by atoms with van der Waals surface area (Å²) in [5.41, 5.74) is 5.38. The molecule has 0 saturated heterocycles. The number of carboxylic acid groups (broad SMARTS) is 1. The SMILES string of the molecule is Cc1ccc(CCCCC(N)C(=O)O)o1. The molecule has 3 N–H and O–H groups in total. The molecule has 0 aliphatic heterocycles. The molecule has 0 saturated carbocycles. The Balaban J connectivity index is 2.14. The van der Waals surface area contributed by atoms with E-state index in [0.29, 0.717) is 6.42 Å². The van der Waals surface area contributed by atoms with E-state index in [2.05, 4.69) is 0 Å². The normalized spacial score (nSPS) is 12.7. The summed E-state index contributed by atoms with van der Waals surface area (Å²) in [7, 11) is 0. The van der Waals surface area contributed by atoms with E-state index in [9.17, 15) is 4.79 Å². The van der Waals surface area contributed by atoms with Gasteiger partial charge in [0.1, 0.15) is 17.6 Å².